The van der Waals surface area contributed by atoms with E-state index in [1.807, 2.05) is 0 Å². The Morgan fingerprint density at radius 1 is 1.18 bits per heavy atom. The number of hydrogen-bond donors (Lipinski definition) is 0. The normalized spacial score (nSPS) is 16.6. The highest BCUT2D eigenvalue weighted by Crippen LogP contribution is 2.35. The Morgan fingerprint density at radius 2 is 1.79 bits per heavy atom. The van der Waals surface area contributed by atoms with Crippen molar-refractivity contribution in [1.82, 2.24) is 28.8 Å². The fraction of sp³-hybridized carbons (Fsp3) is 0.500. The highest BCUT2D eigenvalue weighted by Gasteiger charge is 2.41. The van der Waals surface area contributed by atoms with Crippen LogP contribution >= 0.6 is 11.6 Å². The molecule has 1 aliphatic heterocycles. The second-order valence-electron chi connectivity index (χ2n) is 6.18. The molecule has 0 aliphatic carbocycles. The van der Waals surface area contributed by atoms with Crippen LogP contribution in [0, 0.1) is 0 Å². The van der Waals surface area contributed by atoms with Crippen molar-refractivity contribution in [3.63, 3.8) is 0 Å². The van der Waals surface area contributed by atoms with Gasteiger partial charge in [0.2, 0.25) is 10.0 Å². The summed E-state index contributed by atoms with van der Waals surface area (Å²) < 4.78 is 67.3. The van der Waals surface area contributed by atoms with Crippen LogP contribution < -0.4 is 0 Å². The van der Waals surface area contributed by atoms with Crippen molar-refractivity contribution in [2.45, 2.75) is 11.1 Å². The largest absolute Gasteiger partial charge is 0.436 e. The predicted octanol–water partition coefficient (Wildman–Crippen LogP) is 0.973. The molecule has 0 saturated carbocycles. The summed E-state index contributed by atoms with van der Waals surface area (Å²) in [6.45, 7) is -0.0164. The molecule has 1 saturated heterocycles. The monoisotopic (exact) mass is 440 g/mol. The SMILES string of the molecule is Cn1cc(S(=O)(=O)N2CCN(C(=O)c3c(Cl)c(C(F)(F)F)nn3C)CC2)cn1. The number of rotatable bonds is 3. The number of carbonyl (C=O) groups is 1. The first kappa shape index (κ1) is 20.6. The third kappa shape index (κ3) is 3.61. The summed E-state index contributed by atoms with van der Waals surface area (Å²) in [6.07, 6.45) is -2.20. The number of amides is 1. The van der Waals surface area contributed by atoms with Crippen LogP contribution in [0.25, 0.3) is 0 Å². The van der Waals surface area contributed by atoms with Crippen molar-refractivity contribution in [3.05, 3.63) is 28.8 Å². The average Bonchev–Trinajstić information content (AvgIpc) is 3.18. The first-order valence-corrected chi connectivity index (χ1v) is 9.82. The summed E-state index contributed by atoms with van der Waals surface area (Å²) in [4.78, 5) is 13.9. The number of aromatic nitrogens is 4. The van der Waals surface area contributed by atoms with Crippen LogP contribution in [0.5, 0.6) is 0 Å². The van der Waals surface area contributed by atoms with Gasteiger partial charge in [0.15, 0.2) is 5.69 Å². The zero-order valence-corrected chi connectivity index (χ0v) is 16.4. The van der Waals surface area contributed by atoms with Crippen LogP contribution in [0.2, 0.25) is 5.02 Å². The van der Waals surface area contributed by atoms with E-state index in [4.69, 9.17) is 11.6 Å². The predicted molar refractivity (Wildman–Crippen MR) is 91.1 cm³/mol. The molecule has 3 heterocycles. The van der Waals surface area contributed by atoms with Gasteiger partial charge in [0.05, 0.1) is 6.20 Å². The molecule has 2 aromatic heterocycles. The Morgan fingerprint density at radius 3 is 2.25 bits per heavy atom. The molecule has 0 unspecified atom stereocenters. The van der Waals surface area contributed by atoms with E-state index in [0.717, 1.165) is 4.68 Å². The molecule has 1 amide bonds. The summed E-state index contributed by atoms with van der Waals surface area (Å²) in [5.74, 6) is -0.742. The summed E-state index contributed by atoms with van der Waals surface area (Å²) in [5.41, 5.74) is -1.73. The Kier molecular flexibility index (Phi) is 5.18. The van der Waals surface area contributed by atoms with Crippen molar-refractivity contribution < 1.29 is 26.4 Å². The molecule has 0 N–H and O–H groups in total. The van der Waals surface area contributed by atoms with Gasteiger partial charge < -0.3 is 4.90 Å². The molecule has 1 fully saturated rings. The number of nitrogens with zero attached hydrogens (tertiary/aromatic N) is 6. The van der Waals surface area contributed by atoms with Crippen molar-refractivity contribution in [1.29, 1.82) is 0 Å². The van der Waals surface area contributed by atoms with Crippen LogP contribution in [-0.4, -0.2) is 69.3 Å². The van der Waals surface area contributed by atoms with E-state index in [1.54, 1.807) is 7.05 Å². The lowest BCUT2D eigenvalue weighted by Crippen LogP contribution is -2.50. The van der Waals surface area contributed by atoms with Crippen LogP contribution in [0.3, 0.4) is 0 Å². The molecule has 0 bridgehead atoms. The van der Waals surface area contributed by atoms with Crippen LogP contribution in [-0.2, 0) is 30.3 Å². The number of carbonyl (C=O) groups excluding carboxylic acids is 1. The van der Waals surface area contributed by atoms with Gasteiger partial charge in [-0.3, -0.25) is 14.2 Å². The van der Waals surface area contributed by atoms with Gasteiger partial charge in [-0.05, 0) is 0 Å². The molecule has 3 rings (SSSR count). The maximum Gasteiger partial charge on any atom is 0.436 e. The third-order valence-electron chi connectivity index (χ3n) is 4.31. The van der Waals surface area contributed by atoms with Crippen LogP contribution in [0.4, 0.5) is 13.2 Å². The Balaban J connectivity index is 1.75. The quantitative estimate of drug-likeness (QED) is 0.709. The second-order valence-corrected chi connectivity index (χ2v) is 8.49. The van der Waals surface area contributed by atoms with Crippen molar-refractivity contribution in [2.24, 2.45) is 14.1 Å². The molecule has 1 aliphatic rings. The van der Waals surface area contributed by atoms with Gasteiger partial charge in [-0.1, -0.05) is 11.6 Å². The fourth-order valence-corrected chi connectivity index (χ4v) is 4.63. The van der Waals surface area contributed by atoms with E-state index in [0.29, 0.717) is 0 Å². The summed E-state index contributed by atoms with van der Waals surface area (Å²) in [6, 6.07) is 0. The zero-order chi connectivity index (χ0) is 20.9. The van der Waals surface area contributed by atoms with E-state index in [9.17, 15) is 26.4 Å². The molecule has 0 radical (unpaired) electrons. The van der Waals surface area contributed by atoms with Gasteiger partial charge in [0.1, 0.15) is 15.6 Å². The molecule has 154 valence electrons. The molecule has 9 nitrogen and oxygen atoms in total. The lowest BCUT2D eigenvalue weighted by Gasteiger charge is -2.33. The number of alkyl halides is 3. The maximum atomic E-state index is 12.9. The summed E-state index contributed by atoms with van der Waals surface area (Å²) in [5, 5.41) is 6.35. The Labute approximate surface area is 163 Å². The smallest absolute Gasteiger partial charge is 0.335 e. The van der Waals surface area contributed by atoms with Crippen molar-refractivity contribution >= 4 is 27.5 Å². The Hall–Kier alpha value is -2.12. The molecule has 2 aromatic rings. The summed E-state index contributed by atoms with van der Waals surface area (Å²) in [7, 11) is -0.989. The molecule has 0 atom stereocenters. The highest BCUT2D eigenvalue weighted by atomic mass is 35.5. The number of aryl methyl sites for hydroxylation is 2. The number of piperazine rings is 1. The standard InChI is InChI=1S/C14H16ClF3N6O3S/c1-21-8-9(7-19-21)28(26,27)24-5-3-23(4-6-24)13(25)11-10(15)12(14(16,17)18)20-22(11)2/h7-8H,3-6H2,1-2H3. The molecular formula is C14H16ClF3N6O3S. The van der Waals surface area contributed by atoms with Gasteiger partial charge in [0.25, 0.3) is 5.91 Å². The molecule has 0 aromatic carbocycles. The fourth-order valence-electron chi connectivity index (χ4n) is 2.87. The van der Waals surface area contributed by atoms with Crippen LogP contribution in [0.15, 0.2) is 17.3 Å². The van der Waals surface area contributed by atoms with Gasteiger partial charge in [-0.25, -0.2) is 8.42 Å². The van der Waals surface area contributed by atoms with E-state index in [-0.39, 0.29) is 31.1 Å². The summed E-state index contributed by atoms with van der Waals surface area (Å²) >= 11 is 5.75. The minimum Gasteiger partial charge on any atom is -0.335 e. The van der Waals surface area contributed by atoms with E-state index >= 15 is 0 Å². The van der Waals surface area contributed by atoms with Crippen molar-refractivity contribution in [2.75, 3.05) is 26.2 Å². The average molecular weight is 441 g/mol. The van der Waals surface area contributed by atoms with Gasteiger partial charge in [-0.15, -0.1) is 0 Å². The number of halogens is 4. The molecular weight excluding hydrogens is 425 g/mol. The first-order valence-electron chi connectivity index (χ1n) is 8.00. The molecule has 0 spiro atoms. The lowest BCUT2D eigenvalue weighted by molar-refractivity contribution is -0.141. The number of sulfonamides is 1. The van der Waals surface area contributed by atoms with E-state index < -0.39 is 38.5 Å². The lowest BCUT2D eigenvalue weighted by atomic mass is 10.2. The highest BCUT2D eigenvalue weighted by molar-refractivity contribution is 7.89. The zero-order valence-electron chi connectivity index (χ0n) is 14.8. The third-order valence-corrected chi connectivity index (χ3v) is 6.51. The van der Waals surface area contributed by atoms with Crippen molar-refractivity contribution in [3.8, 4) is 0 Å². The van der Waals surface area contributed by atoms with E-state index in [2.05, 4.69) is 10.2 Å². The van der Waals surface area contributed by atoms with Gasteiger partial charge >= 0.3 is 6.18 Å². The van der Waals surface area contributed by atoms with Gasteiger partial charge in [0, 0.05) is 46.5 Å². The molecule has 28 heavy (non-hydrogen) atoms. The first-order chi connectivity index (χ1) is 12.9. The Bertz CT molecular complexity index is 1010. The minimum atomic E-state index is -4.79. The number of hydrogen-bond acceptors (Lipinski definition) is 5. The van der Waals surface area contributed by atoms with E-state index in [1.165, 1.54) is 33.3 Å². The maximum absolute atomic E-state index is 12.9. The minimum absolute atomic E-state index is 0.00118. The van der Waals surface area contributed by atoms with Gasteiger partial charge in [-0.2, -0.15) is 27.7 Å². The molecule has 14 heteroatoms. The topological polar surface area (TPSA) is 93.3 Å². The van der Waals surface area contributed by atoms with Crippen LogP contribution in [0.1, 0.15) is 16.2 Å². The second kappa shape index (κ2) is 7.04.